The molecule has 7 heteroatoms. The van der Waals surface area contributed by atoms with E-state index >= 15 is 0 Å². The number of amides is 1. The van der Waals surface area contributed by atoms with Crippen LogP contribution in [0.5, 0.6) is 5.75 Å². The summed E-state index contributed by atoms with van der Waals surface area (Å²) < 4.78 is 5.24. The van der Waals surface area contributed by atoms with E-state index < -0.39 is 0 Å². The Morgan fingerprint density at radius 1 is 1.46 bits per heavy atom. The van der Waals surface area contributed by atoms with Crippen molar-refractivity contribution in [3.63, 3.8) is 0 Å². The minimum atomic E-state index is 0. The highest BCUT2D eigenvalue weighted by Gasteiger charge is 2.27. The molecular formula is C17H22ClN3O2S. The van der Waals surface area contributed by atoms with Crippen LogP contribution in [0.15, 0.2) is 30.5 Å². The molecule has 5 nitrogen and oxygen atoms in total. The summed E-state index contributed by atoms with van der Waals surface area (Å²) >= 11 is 1.58. The molecule has 1 aromatic carbocycles. The molecule has 0 bridgehead atoms. The molecule has 1 amide bonds. The van der Waals surface area contributed by atoms with E-state index in [9.17, 15) is 4.79 Å². The van der Waals surface area contributed by atoms with E-state index in [0.29, 0.717) is 6.54 Å². The summed E-state index contributed by atoms with van der Waals surface area (Å²) in [7, 11) is 1.65. The second-order valence-corrected chi connectivity index (χ2v) is 6.97. The van der Waals surface area contributed by atoms with E-state index in [-0.39, 0.29) is 30.3 Å². The van der Waals surface area contributed by atoms with E-state index in [2.05, 4.69) is 10.3 Å². The van der Waals surface area contributed by atoms with E-state index in [1.807, 2.05) is 30.5 Å². The lowest BCUT2D eigenvalue weighted by atomic mass is 10.1. The van der Waals surface area contributed by atoms with Gasteiger partial charge in [0.25, 0.3) is 0 Å². The van der Waals surface area contributed by atoms with Gasteiger partial charge in [-0.15, -0.1) is 23.7 Å². The van der Waals surface area contributed by atoms with Gasteiger partial charge in [0.05, 0.1) is 13.7 Å². The Hall–Kier alpha value is -1.63. The lowest BCUT2D eigenvalue weighted by Crippen LogP contribution is -2.29. The van der Waals surface area contributed by atoms with Crippen molar-refractivity contribution in [2.75, 3.05) is 7.11 Å². The molecule has 0 saturated heterocycles. The van der Waals surface area contributed by atoms with Crippen molar-refractivity contribution in [2.45, 2.75) is 31.8 Å². The second kappa shape index (κ2) is 8.46. The highest BCUT2D eigenvalue weighted by atomic mass is 35.5. The number of nitrogens with two attached hydrogens (primary N) is 1. The number of carbonyl (C=O) groups excluding carboxylic acids is 1. The van der Waals surface area contributed by atoms with Crippen molar-refractivity contribution >= 4 is 29.7 Å². The van der Waals surface area contributed by atoms with Crippen LogP contribution >= 0.6 is 23.7 Å². The summed E-state index contributed by atoms with van der Waals surface area (Å²) in [6.45, 7) is 0.520. The summed E-state index contributed by atoms with van der Waals surface area (Å²) in [5.41, 5.74) is 6.89. The number of methoxy groups -OCH3 is 1. The third-order valence-electron chi connectivity index (χ3n) is 4.15. The molecule has 3 N–H and O–H groups in total. The molecule has 24 heavy (non-hydrogen) atoms. The monoisotopic (exact) mass is 367 g/mol. The van der Waals surface area contributed by atoms with Crippen LogP contribution < -0.4 is 15.8 Å². The zero-order valence-electron chi connectivity index (χ0n) is 13.5. The Bertz CT molecular complexity index is 692. The van der Waals surface area contributed by atoms with Gasteiger partial charge < -0.3 is 15.8 Å². The Kier molecular flexibility index (Phi) is 6.60. The lowest BCUT2D eigenvalue weighted by molar-refractivity contribution is -0.124. The molecule has 1 fully saturated rings. The van der Waals surface area contributed by atoms with Crippen LogP contribution in [-0.2, 0) is 11.3 Å². The topological polar surface area (TPSA) is 77.2 Å². The van der Waals surface area contributed by atoms with Crippen LogP contribution in [-0.4, -0.2) is 24.0 Å². The number of halogens is 1. The van der Waals surface area contributed by atoms with Crippen molar-refractivity contribution in [1.29, 1.82) is 0 Å². The van der Waals surface area contributed by atoms with E-state index in [1.165, 1.54) is 0 Å². The third kappa shape index (κ3) is 4.47. The molecule has 0 aliphatic heterocycles. The summed E-state index contributed by atoms with van der Waals surface area (Å²) in [4.78, 5) is 17.6. The van der Waals surface area contributed by atoms with Crippen molar-refractivity contribution < 1.29 is 9.53 Å². The second-order valence-electron chi connectivity index (χ2n) is 5.85. The number of aromatic nitrogens is 1. The van der Waals surface area contributed by atoms with Gasteiger partial charge in [-0.3, -0.25) is 4.79 Å². The number of hydrogen-bond donors (Lipinski definition) is 2. The maximum Gasteiger partial charge on any atom is 0.223 e. The zero-order chi connectivity index (χ0) is 16.2. The van der Waals surface area contributed by atoms with Gasteiger partial charge in [-0.1, -0.05) is 12.1 Å². The molecule has 3 rings (SSSR count). The smallest absolute Gasteiger partial charge is 0.223 e. The molecular weight excluding hydrogens is 346 g/mol. The normalized spacial score (nSPS) is 19.6. The summed E-state index contributed by atoms with van der Waals surface area (Å²) in [6, 6.07) is 7.99. The highest BCUT2D eigenvalue weighted by Crippen LogP contribution is 2.28. The van der Waals surface area contributed by atoms with Gasteiger partial charge in [0.15, 0.2) is 0 Å². The highest BCUT2D eigenvalue weighted by molar-refractivity contribution is 7.15. The largest absolute Gasteiger partial charge is 0.497 e. The Labute approximate surface area is 152 Å². The molecule has 1 heterocycles. The van der Waals surface area contributed by atoms with Gasteiger partial charge in [0.2, 0.25) is 5.91 Å². The van der Waals surface area contributed by atoms with Crippen LogP contribution in [0.3, 0.4) is 0 Å². The van der Waals surface area contributed by atoms with Gasteiger partial charge in [-0.25, -0.2) is 4.98 Å². The first-order valence-electron chi connectivity index (χ1n) is 7.78. The predicted molar refractivity (Wildman–Crippen MR) is 98.5 cm³/mol. The molecule has 2 atom stereocenters. The van der Waals surface area contributed by atoms with Crippen LogP contribution in [0.25, 0.3) is 10.6 Å². The predicted octanol–water partition coefficient (Wildman–Crippen LogP) is 2.98. The average Bonchev–Trinajstić information content (AvgIpc) is 3.22. The number of carbonyl (C=O) groups is 1. The average molecular weight is 368 g/mol. The van der Waals surface area contributed by atoms with Crippen LogP contribution in [0.1, 0.15) is 24.1 Å². The fourth-order valence-electron chi connectivity index (χ4n) is 2.85. The van der Waals surface area contributed by atoms with Crippen molar-refractivity contribution in [1.82, 2.24) is 10.3 Å². The molecule has 0 spiro atoms. The summed E-state index contributed by atoms with van der Waals surface area (Å²) in [5, 5.41) is 3.93. The molecule has 1 aliphatic rings. The molecule has 0 radical (unpaired) electrons. The summed E-state index contributed by atoms with van der Waals surface area (Å²) in [6.07, 6.45) is 4.45. The SMILES string of the molecule is COc1cccc(-c2ncc(CNC(=O)[C@H]3CC[C@@H](N)C3)s2)c1.Cl. The van der Waals surface area contributed by atoms with Crippen molar-refractivity contribution in [3.8, 4) is 16.3 Å². The number of hydrogen-bond acceptors (Lipinski definition) is 5. The van der Waals surface area contributed by atoms with Crippen LogP contribution in [0.2, 0.25) is 0 Å². The zero-order valence-corrected chi connectivity index (χ0v) is 15.2. The third-order valence-corrected chi connectivity index (χ3v) is 5.20. The quantitative estimate of drug-likeness (QED) is 0.851. The number of nitrogens with zero attached hydrogens (tertiary/aromatic N) is 1. The fraction of sp³-hybridized carbons (Fsp3) is 0.412. The van der Waals surface area contributed by atoms with E-state index in [1.54, 1.807) is 18.4 Å². The van der Waals surface area contributed by atoms with E-state index in [4.69, 9.17) is 10.5 Å². The minimum absolute atomic E-state index is 0. The fourth-order valence-corrected chi connectivity index (χ4v) is 3.70. The van der Waals surface area contributed by atoms with Crippen molar-refractivity contribution in [2.24, 2.45) is 11.7 Å². The number of thiazole rings is 1. The molecule has 2 aromatic rings. The maximum absolute atomic E-state index is 12.1. The first-order chi connectivity index (χ1) is 11.2. The lowest BCUT2D eigenvalue weighted by Gasteiger charge is -2.09. The van der Waals surface area contributed by atoms with Gasteiger partial charge in [0.1, 0.15) is 10.8 Å². The number of benzene rings is 1. The Balaban J connectivity index is 0.00000208. The van der Waals surface area contributed by atoms with E-state index in [0.717, 1.165) is 40.5 Å². The first kappa shape index (κ1) is 18.7. The molecule has 1 saturated carbocycles. The van der Waals surface area contributed by atoms with Gasteiger partial charge in [-0.05, 0) is 31.4 Å². The van der Waals surface area contributed by atoms with Crippen LogP contribution in [0.4, 0.5) is 0 Å². The van der Waals surface area contributed by atoms with Crippen molar-refractivity contribution in [3.05, 3.63) is 35.3 Å². The number of rotatable bonds is 5. The molecule has 0 unspecified atom stereocenters. The number of nitrogens with one attached hydrogen (secondary N) is 1. The first-order valence-corrected chi connectivity index (χ1v) is 8.60. The van der Waals surface area contributed by atoms with Crippen LogP contribution in [0, 0.1) is 5.92 Å². The standard InChI is InChI=1S/C17H21N3O2S.ClH/c1-22-14-4-2-3-12(8-14)17-20-10-15(23-17)9-19-16(21)11-5-6-13(18)7-11;/h2-4,8,10-11,13H,5-7,9,18H2,1H3,(H,19,21);1H/t11-,13+;/m0./s1. The summed E-state index contributed by atoms with van der Waals surface area (Å²) in [5.74, 6) is 0.982. The van der Waals surface area contributed by atoms with Gasteiger partial charge in [0, 0.05) is 28.6 Å². The molecule has 1 aliphatic carbocycles. The maximum atomic E-state index is 12.1. The molecule has 130 valence electrons. The van der Waals surface area contributed by atoms with Gasteiger partial charge in [-0.2, -0.15) is 0 Å². The Morgan fingerprint density at radius 2 is 2.29 bits per heavy atom. The number of ether oxygens (including phenoxy) is 1. The minimum Gasteiger partial charge on any atom is -0.497 e. The molecule has 1 aromatic heterocycles. The van der Waals surface area contributed by atoms with Gasteiger partial charge >= 0.3 is 0 Å². The Morgan fingerprint density at radius 3 is 3.00 bits per heavy atom.